The van der Waals surface area contributed by atoms with Crippen LogP contribution >= 0.6 is 0 Å². The summed E-state index contributed by atoms with van der Waals surface area (Å²) in [7, 11) is 0. The van der Waals surface area contributed by atoms with Crippen molar-refractivity contribution in [2.75, 3.05) is 0 Å². The van der Waals surface area contributed by atoms with Gasteiger partial charge in [-0.05, 0) is 61.2 Å². The van der Waals surface area contributed by atoms with E-state index in [2.05, 4.69) is 20.4 Å². The zero-order chi connectivity index (χ0) is 10.6. The summed E-state index contributed by atoms with van der Waals surface area (Å²) in [5, 5.41) is 0. The molecule has 0 radical (unpaired) electrons. The van der Waals surface area contributed by atoms with E-state index in [9.17, 15) is 0 Å². The molecule has 3 rings (SSSR count). The molecule has 0 aliphatic heterocycles. The Kier molecular flexibility index (Phi) is 2.06. The molecule has 3 fully saturated rings. The maximum absolute atomic E-state index is 4.38. The molecule has 15 heavy (non-hydrogen) atoms. The van der Waals surface area contributed by atoms with Crippen LogP contribution in [0.4, 0.5) is 0 Å². The van der Waals surface area contributed by atoms with Crippen LogP contribution in [0.2, 0.25) is 0 Å². The minimum atomic E-state index is 0.642. The molecule has 0 aromatic heterocycles. The minimum Gasteiger partial charge on any atom is -0.0996 e. The zero-order valence-electron chi connectivity index (χ0n) is 10.3. The molecule has 0 heterocycles. The van der Waals surface area contributed by atoms with Crippen LogP contribution in [-0.4, -0.2) is 0 Å². The normalized spacial score (nSPS) is 47.7. The topological polar surface area (TPSA) is 0 Å². The first-order valence-corrected chi connectivity index (χ1v) is 6.80. The Morgan fingerprint density at radius 2 is 1.87 bits per heavy atom. The van der Waals surface area contributed by atoms with Crippen LogP contribution in [0.25, 0.3) is 0 Å². The van der Waals surface area contributed by atoms with Crippen LogP contribution in [0.5, 0.6) is 0 Å². The SMILES string of the molecule is C=C1CCC[C@@H]2CCC[C@H]3[C@@H]([C@@H]12)C3(C)C. The fourth-order valence-electron chi connectivity index (χ4n) is 4.79. The fraction of sp³-hybridized carbons (Fsp3) is 0.867. The van der Waals surface area contributed by atoms with Crippen LogP contribution in [-0.2, 0) is 0 Å². The summed E-state index contributed by atoms with van der Waals surface area (Å²) >= 11 is 0. The monoisotopic (exact) mass is 204 g/mol. The summed E-state index contributed by atoms with van der Waals surface area (Å²) < 4.78 is 0. The maximum Gasteiger partial charge on any atom is -0.0141 e. The highest BCUT2D eigenvalue weighted by Gasteiger charge is 2.62. The average molecular weight is 204 g/mol. The summed E-state index contributed by atoms with van der Waals surface area (Å²) in [4.78, 5) is 0. The van der Waals surface area contributed by atoms with Gasteiger partial charge in [-0.2, -0.15) is 0 Å². The first kappa shape index (κ1) is 9.93. The highest BCUT2D eigenvalue weighted by atomic mass is 14.7. The summed E-state index contributed by atoms with van der Waals surface area (Å²) in [5.74, 6) is 3.93. The van der Waals surface area contributed by atoms with E-state index in [1.165, 1.54) is 38.5 Å². The molecule has 0 saturated heterocycles. The molecule has 0 heteroatoms. The highest BCUT2D eigenvalue weighted by molar-refractivity contribution is 5.20. The van der Waals surface area contributed by atoms with Gasteiger partial charge in [0.25, 0.3) is 0 Å². The smallest absolute Gasteiger partial charge is 0.0141 e. The quantitative estimate of drug-likeness (QED) is 0.513. The summed E-state index contributed by atoms with van der Waals surface area (Å²) in [6.07, 6.45) is 8.70. The summed E-state index contributed by atoms with van der Waals surface area (Å²) in [6.45, 7) is 9.37. The predicted molar refractivity (Wildman–Crippen MR) is 64.6 cm³/mol. The summed E-state index contributed by atoms with van der Waals surface area (Å²) in [5.41, 5.74) is 2.25. The molecule has 0 nitrogen and oxygen atoms in total. The van der Waals surface area contributed by atoms with E-state index >= 15 is 0 Å². The van der Waals surface area contributed by atoms with Gasteiger partial charge < -0.3 is 0 Å². The van der Waals surface area contributed by atoms with Gasteiger partial charge in [0.2, 0.25) is 0 Å². The number of hydrogen-bond donors (Lipinski definition) is 0. The van der Waals surface area contributed by atoms with Gasteiger partial charge >= 0.3 is 0 Å². The Bertz CT molecular complexity index is 286. The lowest BCUT2D eigenvalue weighted by Crippen LogP contribution is -2.24. The van der Waals surface area contributed by atoms with Gasteiger partial charge in [0, 0.05) is 0 Å². The third-order valence-electron chi connectivity index (χ3n) is 5.67. The minimum absolute atomic E-state index is 0.642. The molecule has 3 saturated carbocycles. The van der Waals surface area contributed by atoms with Crippen molar-refractivity contribution in [2.45, 2.75) is 52.4 Å². The van der Waals surface area contributed by atoms with E-state index < -0.39 is 0 Å². The van der Waals surface area contributed by atoms with Crippen molar-refractivity contribution < 1.29 is 0 Å². The zero-order valence-corrected chi connectivity index (χ0v) is 10.3. The molecule has 0 N–H and O–H groups in total. The van der Waals surface area contributed by atoms with Gasteiger partial charge in [-0.25, -0.2) is 0 Å². The first-order chi connectivity index (χ1) is 7.12. The van der Waals surface area contributed by atoms with Crippen molar-refractivity contribution in [2.24, 2.45) is 29.1 Å². The Morgan fingerprint density at radius 3 is 2.67 bits per heavy atom. The number of allylic oxidation sites excluding steroid dienone is 1. The van der Waals surface area contributed by atoms with Gasteiger partial charge in [-0.1, -0.05) is 32.4 Å². The molecule has 4 atom stereocenters. The van der Waals surface area contributed by atoms with Gasteiger partial charge in [-0.3, -0.25) is 0 Å². The third-order valence-corrected chi connectivity index (χ3v) is 5.67. The molecular formula is C15H24. The Hall–Kier alpha value is -0.260. The van der Waals surface area contributed by atoms with E-state index in [0.717, 1.165) is 23.7 Å². The van der Waals surface area contributed by atoms with Crippen molar-refractivity contribution in [3.63, 3.8) is 0 Å². The summed E-state index contributed by atoms with van der Waals surface area (Å²) in [6, 6.07) is 0. The average Bonchev–Trinajstić information content (AvgIpc) is 2.77. The molecule has 0 unspecified atom stereocenters. The maximum atomic E-state index is 4.38. The molecular weight excluding hydrogens is 180 g/mol. The Labute approximate surface area is 94.1 Å². The lowest BCUT2D eigenvalue weighted by Gasteiger charge is -2.34. The van der Waals surface area contributed by atoms with E-state index in [4.69, 9.17) is 0 Å². The Balaban J connectivity index is 1.89. The lowest BCUT2D eigenvalue weighted by atomic mass is 9.71. The predicted octanol–water partition coefficient (Wildman–Crippen LogP) is 4.42. The van der Waals surface area contributed by atoms with E-state index in [-0.39, 0.29) is 0 Å². The molecule has 0 aromatic carbocycles. The van der Waals surface area contributed by atoms with Gasteiger partial charge in [0.1, 0.15) is 0 Å². The molecule has 0 spiro atoms. The standard InChI is InChI=1S/C15H24/c1-10-6-4-7-11-8-5-9-12-14(13(10)11)15(12,2)3/h11-14H,1,4-9H2,2-3H3/t11-,12+,13+,14+/m1/s1. The second kappa shape index (κ2) is 3.12. The van der Waals surface area contributed by atoms with Crippen LogP contribution in [0.1, 0.15) is 52.4 Å². The van der Waals surface area contributed by atoms with Crippen molar-refractivity contribution >= 4 is 0 Å². The molecule has 0 aromatic rings. The molecule has 84 valence electrons. The van der Waals surface area contributed by atoms with Gasteiger partial charge in [-0.15, -0.1) is 0 Å². The lowest BCUT2D eigenvalue weighted by molar-refractivity contribution is 0.242. The first-order valence-electron chi connectivity index (χ1n) is 6.80. The number of hydrogen-bond acceptors (Lipinski definition) is 0. The van der Waals surface area contributed by atoms with Crippen molar-refractivity contribution in [3.8, 4) is 0 Å². The molecule has 0 amide bonds. The Morgan fingerprint density at radius 1 is 1.13 bits per heavy atom. The van der Waals surface area contributed by atoms with E-state index in [1.807, 2.05) is 0 Å². The number of rotatable bonds is 0. The van der Waals surface area contributed by atoms with Crippen LogP contribution in [0, 0.1) is 29.1 Å². The van der Waals surface area contributed by atoms with Crippen LogP contribution in [0.15, 0.2) is 12.2 Å². The third kappa shape index (κ3) is 1.33. The highest BCUT2D eigenvalue weighted by Crippen LogP contribution is 2.69. The van der Waals surface area contributed by atoms with E-state index in [0.29, 0.717) is 5.41 Å². The van der Waals surface area contributed by atoms with Gasteiger partial charge in [0.05, 0.1) is 0 Å². The van der Waals surface area contributed by atoms with Crippen molar-refractivity contribution in [1.82, 2.24) is 0 Å². The van der Waals surface area contributed by atoms with Gasteiger partial charge in [0.15, 0.2) is 0 Å². The largest absolute Gasteiger partial charge is 0.0996 e. The second-order valence-electron chi connectivity index (χ2n) is 6.72. The number of fused-ring (bicyclic) bond motifs is 3. The fourth-order valence-corrected chi connectivity index (χ4v) is 4.79. The second-order valence-corrected chi connectivity index (χ2v) is 6.72. The molecule has 0 bridgehead atoms. The van der Waals surface area contributed by atoms with Crippen LogP contribution < -0.4 is 0 Å². The van der Waals surface area contributed by atoms with Crippen LogP contribution in [0.3, 0.4) is 0 Å². The van der Waals surface area contributed by atoms with Crippen molar-refractivity contribution in [1.29, 1.82) is 0 Å². The molecule has 3 aliphatic carbocycles. The molecule has 3 aliphatic rings. The van der Waals surface area contributed by atoms with Crippen molar-refractivity contribution in [3.05, 3.63) is 12.2 Å². The van der Waals surface area contributed by atoms with E-state index in [1.54, 1.807) is 5.57 Å².